The number of aryl methyl sites for hydroxylation is 2. The largest absolute Gasteiger partial charge is 0.367 e. The number of carbonyl (C=O) groups excluding carboxylic acids is 2. The lowest BCUT2D eigenvalue weighted by Gasteiger charge is -2.36. The van der Waals surface area contributed by atoms with E-state index < -0.39 is 12.0 Å². The van der Waals surface area contributed by atoms with E-state index in [0.717, 1.165) is 6.42 Å². The first-order valence-corrected chi connectivity index (χ1v) is 8.32. The molecule has 0 radical (unpaired) electrons. The Balaban J connectivity index is 1.94. The molecule has 6 heteroatoms. The van der Waals surface area contributed by atoms with Crippen molar-refractivity contribution in [2.45, 2.75) is 52.4 Å². The Morgan fingerprint density at radius 2 is 1.92 bits per heavy atom. The minimum Gasteiger partial charge on any atom is -0.367 e. The van der Waals surface area contributed by atoms with Gasteiger partial charge in [0.1, 0.15) is 0 Å². The number of rotatable bonds is 4. The maximum atomic E-state index is 12.5. The maximum Gasteiger partial charge on any atom is 0.317 e. The molecule has 0 bridgehead atoms. The number of nitrogens with two attached hydrogens (primary N) is 1. The highest BCUT2D eigenvalue weighted by atomic mass is 16.5. The number of carbonyl (C=O) groups is 2. The monoisotopic (exact) mass is 333 g/mol. The number of ether oxygens (including phenoxy) is 1. The summed E-state index contributed by atoms with van der Waals surface area (Å²) >= 11 is 0. The van der Waals surface area contributed by atoms with E-state index in [9.17, 15) is 9.59 Å². The fraction of sp³-hybridized carbons (Fsp3) is 0.556. The molecule has 132 valence electrons. The Morgan fingerprint density at radius 3 is 2.50 bits per heavy atom. The van der Waals surface area contributed by atoms with Crippen LogP contribution in [-0.4, -0.2) is 48.2 Å². The van der Waals surface area contributed by atoms with Crippen LogP contribution in [0.2, 0.25) is 0 Å². The van der Waals surface area contributed by atoms with Crippen molar-refractivity contribution in [1.29, 1.82) is 0 Å². The van der Waals surface area contributed by atoms with Crippen molar-refractivity contribution >= 4 is 11.9 Å². The second-order valence-electron chi connectivity index (χ2n) is 6.79. The van der Waals surface area contributed by atoms with Crippen molar-refractivity contribution in [3.63, 3.8) is 0 Å². The fourth-order valence-electron chi connectivity index (χ4n) is 3.17. The molecule has 3 N–H and O–H groups in total. The minimum absolute atomic E-state index is 0.0103. The van der Waals surface area contributed by atoms with Gasteiger partial charge >= 0.3 is 6.03 Å². The lowest BCUT2D eigenvalue weighted by atomic mass is 10.0. The van der Waals surface area contributed by atoms with Crippen LogP contribution < -0.4 is 11.1 Å². The first kappa shape index (κ1) is 18.3. The highest BCUT2D eigenvalue weighted by Gasteiger charge is 2.31. The van der Waals surface area contributed by atoms with Gasteiger partial charge in [0.15, 0.2) is 6.10 Å². The molecule has 3 atom stereocenters. The van der Waals surface area contributed by atoms with Gasteiger partial charge in [-0.15, -0.1) is 0 Å². The molecule has 1 aliphatic rings. The van der Waals surface area contributed by atoms with E-state index in [4.69, 9.17) is 10.5 Å². The normalized spacial score (nSPS) is 22.1. The fourth-order valence-corrected chi connectivity index (χ4v) is 3.17. The summed E-state index contributed by atoms with van der Waals surface area (Å²) in [4.78, 5) is 25.4. The van der Waals surface area contributed by atoms with Gasteiger partial charge in [-0.2, -0.15) is 0 Å². The van der Waals surface area contributed by atoms with Gasteiger partial charge in [0.2, 0.25) is 5.91 Å². The summed E-state index contributed by atoms with van der Waals surface area (Å²) in [5, 5.41) is 3.00. The predicted molar refractivity (Wildman–Crippen MR) is 92.7 cm³/mol. The quantitative estimate of drug-likeness (QED) is 0.876. The summed E-state index contributed by atoms with van der Waals surface area (Å²) < 4.78 is 5.46. The lowest BCUT2D eigenvalue weighted by molar-refractivity contribution is -0.139. The van der Waals surface area contributed by atoms with Gasteiger partial charge in [-0.1, -0.05) is 29.3 Å². The summed E-state index contributed by atoms with van der Waals surface area (Å²) in [7, 11) is 0. The third kappa shape index (κ3) is 4.96. The van der Waals surface area contributed by atoms with Crippen LogP contribution in [0.15, 0.2) is 18.2 Å². The van der Waals surface area contributed by atoms with Crippen LogP contribution in [0, 0.1) is 13.8 Å². The molecule has 0 aromatic heterocycles. The van der Waals surface area contributed by atoms with Crippen LogP contribution >= 0.6 is 0 Å². The maximum absolute atomic E-state index is 12.5. The Bertz CT molecular complexity index is 597. The predicted octanol–water partition coefficient (Wildman–Crippen LogP) is 1.52. The molecular formula is C18H27N3O3. The molecule has 1 saturated heterocycles. The first-order valence-electron chi connectivity index (χ1n) is 8.32. The summed E-state index contributed by atoms with van der Waals surface area (Å²) in [5.41, 5.74) is 8.94. The van der Waals surface area contributed by atoms with Crippen molar-refractivity contribution in [3.05, 3.63) is 34.9 Å². The van der Waals surface area contributed by atoms with E-state index in [1.54, 1.807) is 4.90 Å². The van der Waals surface area contributed by atoms with Gasteiger partial charge in [0, 0.05) is 12.6 Å². The van der Waals surface area contributed by atoms with Gasteiger partial charge in [-0.3, -0.25) is 4.79 Å². The standard InChI is InChI=1S/C18H27N3O3/c1-11-5-12(2)7-15(6-11)8-13(3)20-18(23)21-9-14(4)24-16(10-21)17(19)22/h5-7,13-14,16H,8-10H2,1-4H3,(H2,19,22)(H,20,23)/t13-,14-,16-/m1/s1. The number of primary amides is 1. The van der Waals surface area contributed by atoms with Crippen molar-refractivity contribution in [1.82, 2.24) is 10.2 Å². The number of hydrogen-bond acceptors (Lipinski definition) is 3. The second kappa shape index (κ2) is 7.66. The molecule has 24 heavy (non-hydrogen) atoms. The Labute approximate surface area is 143 Å². The molecule has 0 aliphatic carbocycles. The number of nitrogens with one attached hydrogen (secondary N) is 1. The highest BCUT2D eigenvalue weighted by Crippen LogP contribution is 2.13. The smallest absolute Gasteiger partial charge is 0.317 e. The summed E-state index contributed by atoms with van der Waals surface area (Å²) in [6.45, 7) is 8.59. The number of urea groups is 1. The zero-order valence-corrected chi connectivity index (χ0v) is 14.8. The molecule has 2 rings (SSSR count). The highest BCUT2D eigenvalue weighted by molar-refractivity contribution is 5.81. The molecule has 6 nitrogen and oxygen atoms in total. The van der Waals surface area contributed by atoms with E-state index in [-0.39, 0.29) is 24.7 Å². The molecule has 1 aliphatic heterocycles. The zero-order valence-electron chi connectivity index (χ0n) is 14.8. The Kier molecular flexibility index (Phi) is 5.83. The van der Waals surface area contributed by atoms with Gasteiger partial charge < -0.3 is 20.7 Å². The molecule has 0 unspecified atom stereocenters. The Hall–Kier alpha value is -2.08. The van der Waals surface area contributed by atoms with Crippen LogP contribution in [0.3, 0.4) is 0 Å². The lowest BCUT2D eigenvalue weighted by Crippen LogP contribution is -2.56. The van der Waals surface area contributed by atoms with Gasteiger partial charge in [-0.25, -0.2) is 4.79 Å². The van der Waals surface area contributed by atoms with E-state index in [1.165, 1.54) is 16.7 Å². The van der Waals surface area contributed by atoms with Crippen LogP contribution in [0.1, 0.15) is 30.5 Å². The van der Waals surface area contributed by atoms with Crippen molar-refractivity contribution in [2.75, 3.05) is 13.1 Å². The Morgan fingerprint density at radius 1 is 1.29 bits per heavy atom. The molecule has 1 heterocycles. The van der Waals surface area contributed by atoms with E-state index in [0.29, 0.717) is 6.54 Å². The third-order valence-electron chi connectivity index (χ3n) is 4.06. The second-order valence-corrected chi connectivity index (χ2v) is 6.79. The van der Waals surface area contributed by atoms with E-state index in [1.807, 2.05) is 13.8 Å². The molecule has 1 fully saturated rings. The zero-order chi connectivity index (χ0) is 17.9. The third-order valence-corrected chi connectivity index (χ3v) is 4.06. The number of nitrogens with zero attached hydrogens (tertiary/aromatic N) is 1. The van der Waals surface area contributed by atoms with Crippen LogP contribution in [0.25, 0.3) is 0 Å². The average Bonchev–Trinajstić information content (AvgIpc) is 2.45. The molecule has 0 saturated carbocycles. The summed E-state index contributed by atoms with van der Waals surface area (Å²) in [6.07, 6.45) is -0.195. The summed E-state index contributed by atoms with van der Waals surface area (Å²) in [6, 6.07) is 6.20. The molecule has 1 aromatic rings. The van der Waals surface area contributed by atoms with Gasteiger partial charge in [-0.05, 0) is 39.7 Å². The minimum atomic E-state index is -0.741. The number of hydrogen-bond donors (Lipinski definition) is 2. The molecule has 3 amide bonds. The summed E-state index contributed by atoms with van der Waals surface area (Å²) in [5.74, 6) is -0.539. The van der Waals surface area contributed by atoms with Gasteiger partial charge in [0.25, 0.3) is 0 Å². The number of morpholine rings is 1. The van der Waals surface area contributed by atoms with Crippen LogP contribution in [-0.2, 0) is 16.0 Å². The molecule has 0 spiro atoms. The SMILES string of the molecule is Cc1cc(C)cc(C[C@@H](C)NC(=O)N2C[C@@H](C)O[C@@H](C(N)=O)C2)c1. The molecule has 1 aromatic carbocycles. The van der Waals surface area contributed by atoms with E-state index in [2.05, 4.69) is 37.4 Å². The number of amides is 3. The van der Waals surface area contributed by atoms with Crippen molar-refractivity contribution in [3.8, 4) is 0 Å². The van der Waals surface area contributed by atoms with Crippen LogP contribution in [0.5, 0.6) is 0 Å². The first-order chi connectivity index (χ1) is 11.2. The van der Waals surface area contributed by atoms with Crippen LogP contribution in [0.4, 0.5) is 4.79 Å². The van der Waals surface area contributed by atoms with Crippen molar-refractivity contribution in [2.24, 2.45) is 5.73 Å². The van der Waals surface area contributed by atoms with E-state index >= 15 is 0 Å². The average molecular weight is 333 g/mol. The topological polar surface area (TPSA) is 84.7 Å². The van der Waals surface area contributed by atoms with Crippen molar-refractivity contribution < 1.29 is 14.3 Å². The van der Waals surface area contributed by atoms with Gasteiger partial charge in [0.05, 0.1) is 12.6 Å². The molecular weight excluding hydrogens is 306 g/mol. The number of benzene rings is 1.